The molecule has 5 rings (SSSR count). The quantitative estimate of drug-likeness (QED) is 0.663. The number of pyridine rings is 1. The minimum Gasteiger partial charge on any atom is -0.378 e. The molecule has 0 aromatic carbocycles. The predicted octanol–water partition coefficient (Wildman–Crippen LogP) is 2.89. The lowest BCUT2D eigenvalue weighted by atomic mass is 9.92. The molecule has 0 unspecified atom stereocenters. The Hall–Kier alpha value is -2.45. The molecule has 7 nitrogen and oxygen atoms in total. The van der Waals surface area contributed by atoms with E-state index in [9.17, 15) is 4.79 Å². The first-order valence-electron chi connectivity index (χ1n) is 10.2. The molecular weight excluding hydrogens is 386 g/mol. The predicted molar refractivity (Wildman–Crippen MR) is 114 cm³/mol. The molecule has 0 bridgehead atoms. The topological polar surface area (TPSA) is 63.5 Å². The van der Waals surface area contributed by atoms with E-state index in [-0.39, 0.29) is 5.91 Å². The van der Waals surface area contributed by atoms with Crippen molar-refractivity contribution in [3.05, 3.63) is 40.5 Å². The largest absolute Gasteiger partial charge is 0.378 e. The third-order valence-corrected chi connectivity index (χ3v) is 6.81. The Morgan fingerprint density at radius 1 is 1.21 bits per heavy atom. The van der Waals surface area contributed by atoms with Crippen LogP contribution in [0.25, 0.3) is 11.0 Å². The zero-order valence-electron chi connectivity index (χ0n) is 16.6. The average Bonchev–Trinajstić information content (AvgIpc) is 3.44. The summed E-state index contributed by atoms with van der Waals surface area (Å²) in [4.78, 5) is 27.4. The molecule has 0 saturated carbocycles. The summed E-state index contributed by atoms with van der Waals surface area (Å²) in [6.45, 7) is 4.69. The van der Waals surface area contributed by atoms with Gasteiger partial charge in [0, 0.05) is 44.8 Å². The molecule has 0 radical (unpaired) electrons. The number of thiophene rings is 1. The summed E-state index contributed by atoms with van der Waals surface area (Å²) in [7, 11) is 2.03. The highest BCUT2D eigenvalue weighted by Crippen LogP contribution is 2.33. The fraction of sp³-hybridized carbons (Fsp3) is 0.476. The summed E-state index contributed by atoms with van der Waals surface area (Å²) >= 11 is 1.51. The summed E-state index contributed by atoms with van der Waals surface area (Å²) in [6.07, 6.45) is 3.74. The summed E-state index contributed by atoms with van der Waals surface area (Å²) < 4.78 is 7.59. The number of imidazole rings is 1. The second-order valence-corrected chi connectivity index (χ2v) is 8.68. The zero-order chi connectivity index (χ0) is 19.8. The minimum atomic E-state index is 0.155. The third-order valence-electron chi connectivity index (χ3n) is 5.96. The van der Waals surface area contributed by atoms with E-state index in [0.29, 0.717) is 5.92 Å². The molecule has 29 heavy (non-hydrogen) atoms. The van der Waals surface area contributed by atoms with Crippen molar-refractivity contribution >= 4 is 34.1 Å². The van der Waals surface area contributed by atoms with E-state index in [1.165, 1.54) is 11.3 Å². The number of aromatic nitrogens is 3. The number of rotatable bonds is 3. The van der Waals surface area contributed by atoms with Gasteiger partial charge in [-0.3, -0.25) is 4.79 Å². The van der Waals surface area contributed by atoms with Gasteiger partial charge in [0.05, 0.1) is 29.9 Å². The molecule has 0 aliphatic carbocycles. The molecule has 2 saturated heterocycles. The van der Waals surface area contributed by atoms with Gasteiger partial charge in [0.1, 0.15) is 5.52 Å². The fourth-order valence-electron chi connectivity index (χ4n) is 4.27. The van der Waals surface area contributed by atoms with Crippen LogP contribution in [0.15, 0.2) is 29.9 Å². The molecule has 152 valence electrons. The Labute approximate surface area is 173 Å². The highest BCUT2D eigenvalue weighted by molar-refractivity contribution is 7.12. The van der Waals surface area contributed by atoms with Crippen molar-refractivity contribution in [1.82, 2.24) is 19.4 Å². The van der Waals surface area contributed by atoms with Crippen molar-refractivity contribution in [2.24, 2.45) is 7.05 Å². The average molecular weight is 412 g/mol. The lowest BCUT2D eigenvalue weighted by Gasteiger charge is -2.33. The van der Waals surface area contributed by atoms with Gasteiger partial charge in [-0.15, -0.1) is 11.3 Å². The Bertz CT molecular complexity index is 1000. The number of carbonyl (C=O) groups excluding carboxylic acids is 1. The number of ether oxygens (including phenoxy) is 1. The molecule has 3 aromatic rings. The van der Waals surface area contributed by atoms with E-state index in [4.69, 9.17) is 9.72 Å². The number of aryl methyl sites for hydroxylation is 1. The van der Waals surface area contributed by atoms with Gasteiger partial charge in [-0.2, -0.15) is 0 Å². The molecular formula is C21H25N5O2S. The zero-order valence-corrected chi connectivity index (χ0v) is 17.4. The van der Waals surface area contributed by atoms with Crippen molar-refractivity contribution in [2.45, 2.75) is 18.8 Å². The highest BCUT2D eigenvalue weighted by Gasteiger charge is 2.28. The minimum absolute atomic E-state index is 0.155. The van der Waals surface area contributed by atoms with Gasteiger partial charge < -0.3 is 19.1 Å². The number of likely N-dealkylation sites (tertiary alicyclic amines) is 1. The molecule has 0 N–H and O–H groups in total. The van der Waals surface area contributed by atoms with Gasteiger partial charge in [-0.25, -0.2) is 9.97 Å². The highest BCUT2D eigenvalue weighted by atomic mass is 32.1. The van der Waals surface area contributed by atoms with Crippen molar-refractivity contribution < 1.29 is 9.53 Å². The van der Waals surface area contributed by atoms with E-state index in [1.807, 2.05) is 35.8 Å². The summed E-state index contributed by atoms with van der Waals surface area (Å²) in [6, 6.07) is 6.03. The number of fused-ring (bicyclic) bond motifs is 1. The standard InChI is InChI=1S/C21H25N5O2S/c1-24-14-22-19-17(24)13-16(23-20(19)25-8-10-28-11-9-25)15-4-6-26(7-5-15)21(27)18-3-2-12-29-18/h2-3,12-15H,4-11H2,1H3. The second-order valence-electron chi connectivity index (χ2n) is 7.74. The van der Waals surface area contributed by atoms with E-state index in [1.54, 1.807) is 0 Å². The van der Waals surface area contributed by atoms with Gasteiger partial charge >= 0.3 is 0 Å². The summed E-state index contributed by atoms with van der Waals surface area (Å²) in [5.74, 6) is 1.49. The Kier molecular flexibility index (Phi) is 4.97. The van der Waals surface area contributed by atoms with Gasteiger partial charge in [-0.05, 0) is 30.4 Å². The van der Waals surface area contributed by atoms with Gasteiger partial charge in [0.25, 0.3) is 5.91 Å². The van der Waals surface area contributed by atoms with Gasteiger partial charge in [0.15, 0.2) is 5.82 Å². The maximum absolute atomic E-state index is 12.6. The first kappa shape index (κ1) is 18.6. The molecule has 0 spiro atoms. The number of hydrogen-bond acceptors (Lipinski definition) is 6. The van der Waals surface area contributed by atoms with Gasteiger partial charge in [-0.1, -0.05) is 6.07 Å². The van der Waals surface area contributed by atoms with E-state index < -0.39 is 0 Å². The van der Waals surface area contributed by atoms with Crippen molar-refractivity contribution in [1.29, 1.82) is 0 Å². The number of nitrogens with zero attached hydrogens (tertiary/aromatic N) is 5. The molecule has 3 aromatic heterocycles. The molecule has 5 heterocycles. The van der Waals surface area contributed by atoms with Gasteiger partial charge in [0.2, 0.25) is 0 Å². The molecule has 2 aliphatic heterocycles. The number of morpholine rings is 1. The molecule has 1 amide bonds. The summed E-state index contributed by atoms with van der Waals surface area (Å²) in [5.41, 5.74) is 3.20. The number of carbonyl (C=O) groups is 1. The van der Waals surface area contributed by atoms with E-state index in [0.717, 1.165) is 79.7 Å². The van der Waals surface area contributed by atoms with Crippen LogP contribution in [0.1, 0.15) is 34.1 Å². The molecule has 0 atom stereocenters. The fourth-order valence-corrected chi connectivity index (χ4v) is 4.96. The summed E-state index contributed by atoms with van der Waals surface area (Å²) in [5, 5.41) is 1.96. The number of piperidine rings is 1. The molecule has 2 aliphatic rings. The van der Waals surface area contributed by atoms with Crippen molar-refractivity contribution in [2.75, 3.05) is 44.3 Å². The smallest absolute Gasteiger partial charge is 0.263 e. The van der Waals surface area contributed by atoms with Crippen LogP contribution in [0.5, 0.6) is 0 Å². The van der Waals surface area contributed by atoms with Crippen LogP contribution in [-0.4, -0.2) is 64.7 Å². The monoisotopic (exact) mass is 411 g/mol. The van der Waals surface area contributed by atoms with Crippen LogP contribution in [0.2, 0.25) is 0 Å². The second kappa shape index (κ2) is 7.76. The third kappa shape index (κ3) is 3.51. The van der Waals surface area contributed by atoms with Crippen molar-refractivity contribution in [3.63, 3.8) is 0 Å². The van der Waals surface area contributed by atoms with Crippen LogP contribution >= 0.6 is 11.3 Å². The van der Waals surface area contributed by atoms with Crippen LogP contribution in [0.3, 0.4) is 0 Å². The first-order chi connectivity index (χ1) is 14.2. The number of anilines is 1. The maximum atomic E-state index is 12.6. The molecule has 8 heteroatoms. The Morgan fingerprint density at radius 2 is 2.00 bits per heavy atom. The SMILES string of the molecule is Cn1cnc2c(N3CCOCC3)nc(C3CCN(C(=O)c4cccs4)CC3)cc21. The Morgan fingerprint density at radius 3 is 2.72 bits per heavy atom. The number of amides is 1. The molecule has 2 fully saturated rings. The maximum Gasteiger partial charge on any atom is 0.263 e. The van der Waals surface area contributed by atoms with E-state index >= 15 is 0 Å². The van der Waals surface area contributed by atoms with E-state index in [2.05, 4.69) is 20.5 Å². The van der Waals surface area contributed by atoms with Crippen LogP contribution in [0, 0.1) is 0 Å². The van der Waals surface area contributed by atoms with Crippen molar-refractivity contribution in [3.8, 4) is 0 Å². The Balaban J connectivity index is 1.39. The number of hydrogen-bond donors (Lipinski definition) is 0. The van der Waals surface area contributed by atoms with Crippen LogP contribution in [0.4, 0.5) is 5.82 Å². The lowest BCUT2D eigenvalue weighted by Crippen LogP contribution is -2.38. The lowest BCUT2D eigenvalue weighted by molar-refractivity contribution is 0.0717. The van der Waals surface area contributed by atoms with Crippen LogP contribution in [-0.2, 0) is 11.8 Å². The normalized spacial score (nSPS) is 18.5. The van der Waals surface area contributed by atoms with Crippen LogP contribution < -0.4 is 4.90 Å². The first-order valence-corrected chi connectivity index (χ1v) is 11.1.